The van der Waals surface area contributed by atoms with E-state index in [1.165, 1.54) is 0 Å². The van der Waals surface area contributed by atoms with Crippen molar-refractivity contribution in [3.05, 3.63) is 23.2 Å². The molecule has 8 heteroatoms. The molecule has 1 rings (SSSR count). The predicted octanol–water partition coefficient (Wildman–Crippen LogP) is 3.44. The maximum Gasteiger partial charge on any atom is 0.224 e. The van der Waals surface area contributed by atoms with E-state index in [9.17, 15) is 4.79 Å². The summed E-state index contributed by atoms with van der Waals surface area (Å²) in [6.07, 6.45) is 0.396. The van der Waals surface area contributed by atoms with Crippen molar-refractivity contribution >= 4 is 48.0 Å². The molecule has 0 aliphatic heterocycles. The zero-order chi connectivity index (χ0) is 16.8. The lowest BCUT2D eigenvalue weighted by atomic mass is 9.93. The molecule has 1 amide bonds. The number of methoxy groups -OCH3 is 1. The van der Waals surface area contributed by atoms with Crippen molar-refractivity contribution in [1.29, 1.82) is 0 Å². The van der Waals surface area contributed by atoms with E-state index in [0.717, 1.165) is 5.69 Å². The van der Waals surface area contributed by atoms with Gasteiger partial charge < -0.3 is 20.7 Å². The van der Waals surface area contributed by atoms with Crippen LogP contribution in [0.3, 0.4) is 0 Å². The van der Waals surface area contributed by atoms with Gasteiger partial charge in [0.2, 0.25) is 5.91 Å². The fourth-order valence-electron chi connectivity index (χ4n) is 2.11. The average Bonchev–Trinajstić information content (AvgIpc) is 2.47. The summed E-state index contributed by atoms with van der Waals surface area (Å²) in [6, 6.07) is 5.34. The summed E-state index contributed by atoms with van der Waals surface area (Å²) < 4.78 is 5.26. The Morgan fingerprint density at radius 1 is 1.38 bits per heavy atom. The minimum absolute atomic E-state index is 0. The predicted molar refractivity (Wildman–Crippen MR) is 106 cm³/mol. The summed E-state index contributed by atoms with van der Waals surface area (Å²) in [6.45, 7) is 5.80. The summed E-state index contributed by atoms with van der Waals surface area (Å²) in [7, 11) is 3.40. The largest absolute Gasteiger partial charge is 0.495 e. The first-order valence-electron chi connectivity index (χ1n) is 7.30. The lowest BCUT2D eigenvalue weighted by Gasteiger charge is -2.29. The Kier molecular flexibility index (Phi) is 12.3. The third-order valence-electron chi connectivity index (χ3n) is 3.46. The molecule has 140 valence electrons. The van der Waals surface area contributed by atoms with Gasteiger partial charge in [-0.3, -0.25) is 4.79 Å². The van der Waals surface area contributed by atoms with Crippen LogP contribution < -0.4 is 15.8 Å². The fourth-order valence-corrected chi connectivity index (χ4v) is 2.28. The molecule has 0 radical (unpaired) electrons. The minimum atomic E-state index is -0.0754. The number of benzene rings is 1. The van der Waals surface area contributed by atoms with E-state index in [1.807, 2.05) is 13.8 Å². The van der Waals surface area contributed by atoms with Crippen molar-refractivity contribution in [2.45, 2.75) is 20.3 Å². The lowest BCUT2D eigenvalue weighted by Crippen LogP contribution is -2.40. The van der Waals surface area contributed by atoms with Crippen LogP contribution in [0.5, 0.6) is 5.75 Å². The third kappa shape index (κ3) is 8.29. The molecule has 0 unspecified atom stereocenters. The zero-order valence-electron chi connectivity index (χ0n) is 14.6. The van der Waals surface area contributed by atoms with Gasteiger partial charge in [0.05, 0.1) is 12.8 Å². The number of halogens is 3. The molecule has 0 aliphatic carbocycles. The van der Waals surface area contributed by atoms with Gasteiger partial charge >= 0.3 is 0 Å². The second-order valence-corrected chi connectivity index (χ2v) is 6.58. The first-order valence-corrected chi connectivity index (χ1v) is 7.68. The maximum absolute atomic E-state index is 12.1. The van der Waals surface area contributed by atoms with Crippen molar-refractivity contribution in [2.75, 3.05) is 39.1 Å². The molecule has 0 aromatic heterocycles. The first-order chi connectivity index (χ1) is 10.3. The monoisotopic (exact) mass is 399 g/mol. The SMILES string of the molecule is COc1ccc(Cl)cc1NCCC(=O)N(C)CC(C)(C)CN.Cl.Cl. The summed E-state index contributed by atoms with van der Waals surface area (Å²) >= 11 is 5.97. The molecule has 0 saturated carbocycles. The lowest BCUT2D eigenvalue weighted by molar-refractivity contribution is -0.130. The zero-order valence-corrected chi connectivity index (χ0v) is 17.0. The van der Waals surface area contributed by atoms with Crippen LogP contribution in [0, 0.1) is 5.41 Å². The van der Waals surface area contributed by atoms with Crippen LogP contribution in [-0.4, -0.2) is 44.6 Å². The van der Waals surface area contributed by atoms with Crippen LogP contribution in [0.15, 0.2) is 18.2 Å². The Bertz CT molecular complexity index is 513. The molecule has 1 aromatic rings. The molecule has 0 atom stereocenters. The summed E-state index contributed by atoms with van der Waals surface area (Å²) in [5.74, 6) is 0.782. The molecular formula is C16H28Cl3N3O2. The number of ether oxygens (including phenoxy) is 1. The van der Waals surface area contributed by atoms with Gasteiger partial charge in [-0.25, -0.2) is 0 Å². The standard InChI is InChI=1S/C16H26ClN3O2.2ClH/c1-16(2,10-18)11-20(3)15(21)7-8-19-13-9-12(17)5-6-14(13)22-4;;/h5-6,9,19H,7-8,10-11,18H2,1-4H3;2*1H. The van der Waals surface area contributed by atoms with Crippen molar-refractivity contribution in [2.24, 2.45) is 11.1 Å². The van der Waals surface area contributed by atoms with Gasteiger partial charge in [0.25, 0.3) is 0 Å². The van der Waals surface area contributed by atoms with Gasteiger partial charge in [-0.2, -0.15) is 0 Å². The highest BCUT2D eigenvalue weighted by molar-refractivity contribution is 6.30. The van der Waals surface area contributed by atoms with Crippen LogP contribution in [0.2, 0.25) is 5.02 Å². The molecule has 3 N–H and O–H groups in total. The first kappa shape index (κ1) is 25.4. The van der Waals surface area contributed by atoms with Crippen LogP contribution in [-0.2, 0) is 4.79 Å². The molecule has 0 spiro atoms. The topological polar surface area (TPSA) is 67.6 Å². The Labute approximate surface area is 162 Å². The number of nitrogens with two attached hydrogens (primary N) is 1. The van der Waals surface area contributed by atoms with E-state index in [-0.39, 0.29) is 36.1 Å². The van der Waals surface area contributed by atoms with Gasteiger partial charge in [0.15, 0.2) is 0 Å². The molecule has 0 aliphatic rings. The van der Waals surface area contributed by atoms with Crippen LogP contribution >= 0.6 is 36.4 Å². The number of anilines is 1. The van der Waals surface area contributed by atoms with E-state index in [1.54, 1.807) is 37.3 Å². The van der Waals surface area contributed by atoms with Crippen LogP contribution in [0.4, 0.5) is 5.69 Å². The smallest absolute Gasteiger partial charge is 0.224 e. The second kappa shape index (κ2) is 11.6. The number of carbonyl (C=O) groups excluding carboxylic acids is 1. The van der Waals surface area contributed by atoms with Crippen molar-refractivity contribution in [1.82, 2.24) is 4.90 Å². The Hall–Kier alpha value is -0.880. The molecule has 0 bridgehead atoms. The number of amides is 1. The van der Waals surface area contributed by atoms with Crippen molar-refractivity contribution in [3.8, 4) is 5.75 Å². The van der Waals surface area contributed by atoms with Gasteiger partial charge in [0.1, 0.15) is 5.75 Å². The molecule has 5 nitrogen and oxygen atoms in total. The highest BCUT2D eigenvalue weighted by atomic mass is 35.5. The van der Waals surface area contributed by atoms with Gasteiger partial charge in [-0.15, -0.1) is 24.8 Å². The van der Waals surface area contributed by atoms with Crippen LogP contribution in [0.1, 0.15) is 20.3 Å². The van der Waals surface area contributed by atoms with Gasteiger partial charge in [-0.05, 0) is 30.2 Å². The van der Waals surface area contributed by atoms with Crippen LogP contribution in [0.25, 0.3) is 0 Å². The summed E-state index contributed by atoms with van der Waals surface area (Å²) in [5.41, 5.74) is 6.41. The summed E-state index contributed by atoms with van der Waals surface area (Å²) in [4.78, 5) is 13.9. The highest BCUT2D eigenvalue weighted by Crippen LogP contribution is 2.27. The number of nitrogens with one attached hydrogen (secondary N) is 1. The molecule has 0 fully saturated rings. The maximum atomic E-state index is 12.1. The van der Waals surface area contributed by atoms with Crippen molar-refractivity contribution in [3.63, 3.8) is 0 Å². The quantitative estimate of drug-likeness (QED) is 0.701. The van der Waals surface area contributed by atoms with E-state index >= 15 is 0 Å². The number of hydrogen-bond donors (Lipinski definition) is 2. The average molecular weight is 401 g/mol. The van der Waals surface area contributed by atoms with E-state index < -0.39 is 0 Å². The Morgan fingerprint density at radius 3 is 2.54 bits per heavy atom. The number of nitrogens with zero attached hydrogens (tertiary/aromatic N) is 1. The molecule has 0 saturated heterocycles. The Morgan fingerprint density at radius 2 is 2.00 bits per heavy atom. The van der Waals surface area contributed by atoms with E-state index in [4.69, 9.17) is 22.1 Å². The minimum Gasteiger partial charge on any atom is -0.495 e. The fraction of sp³-hybridized carbons (Fsp3) is 0.562. The van der Waals surface area contributed by atoms with Gasteiger partial charge in [-0.1, -0.05) is 25.4 Å². The van der Waals surface area contributed by atoms with E-state index in [0.29, 0.717) is 36.8 Å². The van der Waals surface area contributed by atoms with Gasteiger partial charge in [0, 0.05) is 31.6 Å². The summed E-state index contributed by atoms with van der Waals surface area (Å²) in [5, 5.41) is 3.81. The van der Waals surface area contributed by atoms with E-state index in [2.05, 4.69) is 5.32 Å². The highest BCUT2D eigenvalue weighted by Gasteiger charge is 2.20. The normalized spacial score (nSPS) is 10.2. The molecule has 0 heterocycles. The Balaban J connectivity index is 0. The molecule has 1 aromatic carbocycles. The van der Waals surface area contributed by atoms with Crippen molar-refractivity contribution < 1.29 is 9.53 Å². The second-order valence-electron chi connectivity index (χ2n) is 6.14. The molecule has 24 heavy (non-hydrogen) atoms. The number of rotatable bonds is 8. The number of hydrogen-bond acceptors (Lipinski definition) is 4. The third-order valence-corrected chi connectivity index (χ3v) is 3.69. The molecular weight excluding hydrogens is 373 g/mol. The number of carbonyl (C=O) groups is 1.